The summed E-state index contributed by atoms with van der Waals surface area (Å²) < 4.78 is 0. The molecule has 0 bridgehead atoms. The van der Waals surface area contributed by atoms with E-state index in [1.165, 1.54) is 0 Å². The number of hydrogen-bond donors (Lipinski definition) is 2. The average molecular weight is 231 g/mol. The maximum atomic E-state index is 11.7. The second-order valence-electron chi connectivity index (χ2n) is 3.74. The number of aromatic nitrogens is 4. The van der Waals surface area contributed by atoms with Crippen molar-refractivity contribution in [3.05, 3.63) is 35.4 Å². The Balaban J connectivity index is 2.01. The van der Waals surface area contributed by atoms with Gasteiger partial charge in [-0.3, -0.25) is 20.2 Å². The van der Waals surface area contributed by atoms with Gasteiger partial charge in [0.15, 0.2) is 0 Å². The summed E-state index contributed by atoms with van der Waals surface area (Å²) in [6, 6.07) is 3.77. The van der Waals surface area contributed by atoms with Gasteiger partial charge >= 0.3 is 0 Å². The summed E-state index contributed by atoms with van der Waals surface area (Å²) in [5, 5.41) is 9.10. The molecule has 0 aliphatic carbocycles. The average Bonchev–Trinajstić information content (AvgIpc) is 2.67. The van der Waals surface area contributed by atoms with Crippen LogP contribution in [-0.4, -0.2) is 26.1 Å². The minimum Gasteiger partial charge on any atom is -0.293 e. The zero-order valence-electron chi connectivity index (χ0n) is 9.69. The molecule has 2 aromatic rings. The number of aryl methyl sites for hydroxylation is 2. The lowest BCUT2D eigenvalue weighted by Gasteiger charge is -2.03. The molecule has 2 N–H and O–H groups in total. The van der Waals surface area contributed by atoms with Crippen LogP contribution in [0.15, 0.2) is 18.3 Å². The number of carbonyl (C=O) groups excluding carboxylic acids is 1. The minimum atomic E-state index is -0.175. The van der Waals surface area contributed by atoms with Gasteiger partial charge in [-0.15, -0.1) is 5.10 Å². The lowest BCUT2D eigenvalue weighted by molar-refractivity contribution is -0.115. The fourth-order valence-electron chi connectivity index (χ4n) is 1.42. The number of hydrogen-bond acceptors (Lipinski definition) is 4. The first kappa shape index (κ1) is 11.3. The molecular formula is C11H13N5O. The molecule has 1 amide bonds. The standard InChI is InChI=1S/C11H13N5O/c1-7-4-3-5-12-9(7)6-10(17)14-11-13-8(2)15-16-11/h3-5H,6H2,1-2H3,(H2,13,14,15,16,17). The number of nitrogens with zero attached hydrogens (tertiary/aromatic N) is 3. The highest BCUT2D eigenvalue weighted by Crippen LogP contribution is 2.05. The van der Waals surface area contributed by atoms with Crippen LogP contribution in [0.2, 0.25) is 0 Å². The van der Waals surface area contributed by atoms with Crippen molar-refractivity contribution in [3.8, 4) is 0 Å². The van der Waals surface area contributed by atoms with Crippen molar-refractivity contribution >= 4 is 11.9 Å². The van der Waals surface area contributed by atoms with Gasteiger partial charge in [0.1, 0.15) is 5.82 Å². The summed E-state index contributed by atoms with van der Waals surface area (Å²) in [5.41, 5.74) is 1.76. The van der Waals surface area contributed by atoms with E-state index in [1.54, 1.807) is 13.1 Å². The number of carbonyl (C=O) groups is 1. The van der Waals surface area contributed by atoms with Crippen molar-refractivity contribution in [2.45, 2.75) is 20.3 Å². The Labute approximate surface area is 98.5 Å². The Bertz CT molecular complexity index is 534. The van der Waals surface area contributed by atoms with Crippen LogP contribution in [-0.2, 0) is 11.2 Å². The molecule has 0 saturated carbocycles. The third-order valence-corrected chi connectivity index (χ3v) is 2.29. The zero-order chi connectivity index (χ0) is 12.3. The minimum absolute atomic E-state index is 0.175. The Hall–Kier alpha value is -2.24. The van der Waals surface area contributed by atoms with Crippen molar-refractivity contribution in [1.29, 1.82) is 0 Å². The molecule has 2 heterocycles. The van der Waals surface area contributed by atoms with Crippen LogP contribution in [0.3, 0.4) is 0 Å². The molecule has 2 aromatic heterocycles. The van der Waals surface area contributed by atoms with Crippen LogP contribution < -0.4 is 5.32 Å². The number of H-pyrrole nitrogens is 1. The largest absolute Gasteiger partial charge is 0.293 e. The van der Waals surface area contributed by atoms with Crippen LogP contribution in [0.1, 0.15) is 17.1 Å². The predicted molar refractivity (Wildman–Crippen MR) is 62.4 cm³/mol. The molecule has 2 rings (SSSR count). The van der Waals surface area contributed by atoms with E-state index in [2.05, 4.69) is 25.5 Å². The van der Waals surface area contributed by atoms with Gasteiger partial charge < -0.3 is 0 Å². The first-order valence-corrected chi connectivity index (χ1v) is 5.24. The molecule has 0 aromatic carbocycles. The van der Waals surface area contributed by atoms with Gasteiger partial charge in [-0.2, -0.15) is 4.98 Å². The van der Waals surface area contributed by atoms with Gasteiger partial charge in [-0.25, -0.2) is 0 Å². The molecule has 0 atom stereocenters. The predicted octanol–water partition coefficient (Wildman–Crippen LogP) is 0.998. The second-order valence-corrected chi connectivity index (χ2v) is 3.74. The van der Waals surface area contributed by atoms with Crippen LogP contribution >= 0.6 is 0 Å². The van der Waals surface area contributed by atoms with Crippen molar-refractivity contribution in [2.75, 3.05) is 5.32 Å². The summed E-state index contributed by atoms with van der Waals surface area (Å²) in [6.45, 7) is 3.69. The van der Waals surface area contributed by atoms with Crippen molar-refractivity contribution in [3.63, 3.8) is 0 Å². The molecule has 0 fully saturated rings. The Morgan fingerprint density at radius 1 is 1.47 bits per heavy atom. The van der Waals surface area contributed by atoms with Gasteiger partial charge in [0.25, 0.3) is 0 Å². The number of amides is 1. The van der Waals surface area contributed by atoms with E-state index < -0.39 is 0 Å². The normalized spacial score (nSPS) is 10.2. The molecule has 0 radical (unpaired) electrons. The molecule has 0 saturated heterocycles. The molecule has 88 valence electrons. The first-order valence-electron chi connectivity index (χ1n) is 5.24. The van der Waals surface area contributed by atoms with Gasteiger partial charge in [0.05, 0.1) is 12.1 Å². The smallest absolute Gasteiger partial charge is 0.248 e. The van der Waals surface area contributed by atoms with E-state index in [0.29, 0.717) is 11.8 Å². The van der Waals surface area contributed by atoms with Gasteiger partial charge in [-0.1, -0.05) is 6.07 Å². The maximum absolute atomic E-state index is 11.7. The number of rotatable bonds is 3. The van der Waals surface area contributed by atoms with E-state index in [-0.39, 0.29) is 12.3 Å². The highest BCUT2D eigenvalue weighted by molar-refractivity contribution is 5.90. The van der Waals surface area contributed by atoms with Crippen LogP contribution in [0.25, 0.3) is 0 Å². The Morgan fingerprint density at radius 2 is 2.29 bits per heavy atom. The SMILES string of the molecule is Cc1nc(NC(=O)Cc2ncccc2C)n[nH]1. The fraction of sp³-hybridized carbons (Fsp3) is 0.273. The summed E-state index contributed by atoms with van der Waals surface area (Å²) in [5.74, 6) is 0.779. The van der Waals surface area contributed by atoms with E-state index in [1.807, 2.05) is 19.1 Å². The van der Waals surface area contributed by atoms with E-state index >= 15 is 0 Å². The molecular weight excluding hydrogens is 218 g/mol. The van der Waals surface area contributed by atoms with Crippen LogP contribution in [0.5, 0.6) is 0 Å². The Kier molecular flexibility index (Phi) is 3.13. The maximum Gasteiger partial charge on any atom is 0.248 e. The topological polar surface area (TPSA) is 83.6 Å². The monoisotopic (exact) mass is 231 g/mol. The van der Waals surface area contributed by atoms with E-state index in [0.717, 1.165) is 11.3 Å². The molecule has 17 heavy (non-hydrogen) atoms. The first-order chi connectivity index (χ1) is 8.15. The molecule has 0 unspecified atom stereocenters. The van der Waals surface area contributed by atoms with Crippen LogP contribution in [0, 0.1) is 13.8 Å². The molecule has 6 nitrogen and oxygen atoms in total. The van der Waals surface area contributed by atoms with Crippen molar-refractivity contribution in [2.24, 2.45) is 0 Å². The van der Waals surface area contributed by atoms with Crippen molar-refractivity contribution < 1.29 is 4.79 Å². The zero-order valence-corrected chi connectivity index (χ0v) is 9.69. The second kappa shape index (κ2) is 4.73. The number of anilines is 1. The van der Waals surface area contributed by atoms with Gasteiger partial charge in [-0.05, 0) is 25.5 Å². The fourth-order valence-corrected chi connectivity index (χ4v) is 1.42. The third-order valence-electron chi connectivity index (χ3n) is 2.29. The lowest BCUT2D eigenvalue weighted by atomic mass is 10.1. The third kappa shape index (κ3) is 2.87. The highest BCUT2D eigenvalue weighted by atomic mass is 16.1. The quantitative estimate of drug-likeness (QED) is 0.825. The molecule has 0 aliphatic rings. The van der Waals surface area contributed by atoms with E-state index in [9.17, 15) is 4.79 Å². The summed E-state index contributed by atoms with van der Waals surface area (Å²) >= 11 is 0. The summed E-state index contributed by atoms with van der Waals surface area (Å²) in [7, 11) is 0. The lowest BCUT2D eigenvalue weighted by Crippen LogP contribution is -2.16. The summed E-state index contributed by atoms with van der Waals surface area (Å²) in [4.78, 5) is 19.8. The summed E-state index contributed by atoms with van der Waals surface area (Å²) in [6.07, 6.45) is 1.90. The molecule has 0 spiro atoms. The molecule has 6 heteroatoms. The van der Waals surface area contributed by atoms with Gasteiger partial charge in [0, 0.05) is 6.20 Å². The highest BCUT2D eigenvalue weighted by Gasteiger charge is 2.09. The van der Waals surface area contributed by atoms with Crippen LogP contribution in [0.4, 0.5) is 5.95 Å². The van der Waals surface area contributed by atoms with Gasteiger partial charge in [0.2, 0.25) is 11.9 Å². The number of aromatic amines is 1. The number of nitrogens with one attached hydrogen (secondary N) is 2. The van der Waals surface area contributed by atoms with Crippen molar-refractivity contribution in [1.82, 2.24) is 20.2 Å². The van der Waals surface area contributed by atoms with E-state index in [4.69, 9.17) is 0 Å². The number of pyridine rings is 1. The molecule has 0 aliphatic heterocycles. The Morgan fingerprint density at radius 3 is 2.94 bits per heavy atom.